The molecule has 3 heteroatoms. The van der Waals surface area contributed by atoms with E-state index in [4.69, 9.17) is 5.73 Å². The molecule has 0 radical (unpaired) electrons. The van der Waals surface area contributed by atoms with Crippen LogP contribution in [0.15, 0.2) is 48.5 Å². The monoisotopic (exact) mass is 286 g/mol. The van der Waals surface area contributed by atoms with Crippen LogP contribution in [0.3, 0.4) is 0 Å². The average Bonchev–Trinajstić information content (AvgIpc) is 2.46. The Labute approximate surface area is 126 Å². The van der Waals surface area contributed by atoms with Gasteiger partial charge in [0.2, 0.25) is 0 Å². The number of anilines is 1. The Morgan fingerprint density at radius 3 is 2.48 bits per heavy atom. The van der Waals surface area contributed by atoms with Crippen LogP contribution in [0, 0.1) is 12.7 Å². The van der Waals surface area contributed by atoms with Crippen molar-refractivity contribution < 1.29 is 4.39 Å². The second kappa shape index (κ2) is 6.27. The number of halogens is 1. The molecule has 2 rings (SSSR count). The van der Waals surface area contributed by atoms with Crippen molar-refractivity contribution in [2.24, 2.45) is 5.73 Å². The van der Waals surface area contributed by atoms with E-state index in [9.17, 15) is 4.39 Å². The summed E-state index contributed by atoms with van der Waals surface area (Å²) in [7, 11) is 2.04. The summed E-state index contributed by atoms with van der Waals surface area (Å²) >= 11 is 0. The molecule has 21 heavy (non-hydrogen) atoms. The molecule has 0 bridgehead atoms. The van der Waals surface area contributed by atoms with Crippen LogP contribution in [0.4, 0.5) is 10.1 Å². The Morgan fingerprint density at radius 1 is 1.14 bits per heavy atom. The fourth-order valence-corrected chi connectivity index (χ4v) is 2.56. The molecule has 2 aromatic rings. The van der Waals surface area contributed by atoms with Crippen LogP contribution in [0.5, 0.6) is 0 Å². The van der Waals surface area contributed by atoms with Gasteiger partial charge in [0, 0.05) is 19.3 Å². The van der Waals surface area contributed by atoms with Gasteiger partial charge in [-0.2, -0.15) is 0 Å². The molecule has 2 nitrogen and oxygen atoms in total. The van der Waals surface area contributed by atoms with Crippen molar-refractivity contribution in [3.63, 3.8) is 0 Å². The molecular weight excluding hydrogens is 263 g/mol. The van der Waals surface area contributed by atoms with E-state index in [2.05, 4.69) is 36.9 Å². The molecule has 1 atom stereocenters. The van der Waals surface area contributed by atoms with Crippen LogP contribution in [0.25, 0.3) is 0 Å². The number of benzene rings is 2. The predicted octanol–water partition coefficient (Wildman–Crippen LogP) is 3.53. The molecule has 112 valence electrons. The second-order valence-corrected chi connectivity index (χ2v) is 5.91. The highest BCUT2D eigenvalue weighted by Gasteiger charge is 2.28. The van der Waals surface area contributed by atoms with E-state index >= 15 is 0 Å². The van der Waals surface area contributed by atoms with Crippen molar-refractivity contribution in [1.82, 2.24) is 0 Å². The molecule has 0 aromatic heterocycles. The molecule has 0 aliphatic carbocycles. The van der Waals surface area contributed by atoms with Gasteiger partial charge in [-0.05, 0) is 55.7 Å². The third-order valence-electron chi connectivity index (χ3n) is 4.11. The van der Waals surface area contributed by atoms with Crippen molar-refractivity contribution in [2.75, 3.05) is 18.5 Å². The van der Waals surface area contributed by atoms with Crippen LogP contribution in [-0.2, 0) is 6.42 Å². The van der Waals surface area contributed by atoms with Crippen LogP contribution in [0.1, 0.15) is 18.1 Å². The number of aryl methyl sites for hydroxylation is 1. The first-order valence-corrected chi connectivity index (χ1v) is 7.20. The minimum Gasteiger partial charge on any atom is -0.368 e. The largest absolute Gasteiger partial charge is 0.368 e. The zero-order valence-electron chi connectivity index (χ0n) is 12.9. The van der Waals surface area contributed by atoms with Gasteiger partial charge in [-0.1, -0.05) is 24.3 Å². The number of nitrogens with zero attached hydrogens (tertiary/aromatic N) is 1. The topological polar surface area (TPSA) is 29.3 Å². The molecule has 1 unspecified atom stereocenters. The molecule has 0 spiro atoms. The molecule has 0 aliphatic rings. The van der Waals surface area contributed by atoms with Crippen molar-refractivity contribution in [3.05, 3.63) is 65.5 Å². The quantitative estimate of drug-likeness (QED) is 0.911. The average molecular weight is 286 g/mol. The molecule has 0 fully saturated rings. The third-order valence-corrected chi connectivity index (χ3v) is 4.11. The van der Waals surface area contributed by atoms with Gasteiger partial charge < -0.3 is 10.6 Å². The zero-order valence-corrected chi connectivity index (χ0v) is 12.9. The minimum absolute atomic E-state index is 0.204. The van der Waals surface area contributed by atoms with Crippen molar-refractivity contribution in [2.45, 2.75) is 25.8 Å². The van der Waals surface area contributed by atoms with Crippen molar-refractivity contribution >= 4 is 5.69 Å². The summed E-state index contributed by atoms with van der Waals surface area (Å²) in [5, 5.41) is 0. The van der Waals surface area contributed by atoms with Gasteiger partial charge in [0.15, 0.2) is 0 Å². The van der Waals surface area contributed by atoms with E-state index in [1.165, 1.54) is 11.6 Å². The summed E-state index contributed by atoms with van der Waals surface area (Å²) in [6, 6.07) is 15.1. The Bertz CT molecular complexity index is 612. The molecule has 0 heterocycles. The third kappa shape index (κ3) is 3.61. The van der Waals surface area contributed by atoms with Crippen LogP contribution in [-0.4, -0.2) is 19.1 Å². The second-order valence-electron chi connectivity index (χ2n) is 5.91. The maximum atomic E-state index is 13.4. The number of rotatable bonds is 5. The van der Waals surface area contributed by atoms with Crippen LogP contribution < -0.4 is 10.6 Å². The molecule has 0 amide bonds. The summed E-state index contributed by atoms with van der Waals surface area (Å²) in [4.78, 5) is 2.19. The number of hydrogen-bond acceptors (Lipinski definition) is 2. The summed E-state index contributed by atoms with van der Waals surface area (Å²) < 4.78 is 13.4. The molecule has 0 saturated carbocycles. The first-order valence-electron chi connectivity index (χ1n) is 7.20. The highest BCUT2D eigenvalue weighted by atomic mass is 19.1. The Hall–Kier alpha value is -1.87. The van der Waals surface area contributed by atoms with Gasteiger partial charge in [-0.3, -0.25) is 0 Å². The van der Waals surface area contributed by atoms with Gasteiger partial charge in [0.1, 0.15) is 5.82 Å². The Morgan fingerprint density at radius 2 is 1.86 bits per heavy atom. The lowest BCUT2D eigenvalue weighted by molar-refractivity contribution is 0.448. The predicted molar refractivity (Wildman–Crippen MR) is 87.1 cm³/mol. The number of likely N-dealkylation sites (N-methyl/N-ethyl adjacent to an activating group) is 1. The number of hydrogen-bond donors (Lipinski definition) is 1. The summed E-state index contributed by atoms with van der Waals surface area (Å²) in [6.45, 7) is 4.68. The van der Waals surface area contributed by atoms with Gasteiger partial charge >= 0.3 is 0 Å². The van der Waals surface area contributed by atoms with Gasteiger partial charge in [0.05, 0.1) is 5.54 Å². The van der Waals surface area contributed by atoms with Crippen molar-refractivity contribution in [3.8, 4) is 0 Å². The standard InChI is InChI=1S/C18H23FN2/c1-14-6-4-9-17(10-14)21(3)18(2,13-20)12-15-7-5-8-16(19)11-15/h4-11H,12-13,20H2,1-3H3. The normalized spacial score (nSPS) is 13.8. The zero-order chi connectivity index (χ0) is 15.5. The van der Waals surface area contributed by atoms with Crippen LogP contribution >= 0.6 is 0 Å². The van der Waals surface area contributed by atoms with Crippen LogP contribution in [0.2, 0.25) is 0 Å². The first-order chi connectivity index (χ1) is 9.94. The SMILES string of the molecule is Cc1cccc(N(C)C(C)(CN)Cc2cccc(F)c2)c1. The molecule has 2 N–H and O–H groups in total. The first kappa shape index (κ1) is 15.5. The van der Waals surface area contributed by atoms with E-state index in [1.807, 2.05) is 19.2 Å². The summed E-state index contributed by atoms with van der Waals surface area (Å²) in [6.07, 6.45) is 0.700. The maximum absolute atomic E-state index is 13.4. The lowest BCUT2D eigenvalue weighted by Gasteiger charge is -2.40. The highest BCUT2D eigenvalue weighted by Crippen LogP contribution is 2.26. The lowest BCUT2D eigenvalue weighted by Crippen LogP contribution is -2.51. The number of nitrogens with two attached hydrogens (primary N) is 1. The van der Waals surface area contributed by atoms with Gasteiger partial charge in [-0.15, -0.1) is 0 Å². The maximum Gasteiger partial charge on any atom is 0.123 e. The molecule has 0 aliphatic heterocycles. The Kier molecular flexibility index (Phi) is 4.63. The lowest BCUT2D eigenvalue weighted by atomic mass is 9.90. The fraction of sp³-hybridized carbons (Fsp3) is 0.333. The van der Waals surface area contributed by atoms with Crippen molar-refractivity contribution in [1.29, 1.82) is 0 Å². The van der Waals surface area contributed by atoms with Gasteiger partial charge in [-0.25, -0.2) is 4.39 Å². The smallest absolute Gasteiger partial charge is 0.123 e. The minimum atomic E-state index is -0.262. The summed E-state index contributed by atoms with van der Waals surface area (Å²) in [5.74, 6) is -0.204. The Balaban J connectivity index is 2.27. The summed E-state index contributed by atoms with van der Waals surface area (Å²) in [5.41, 5.74) is 9.07. The molecule has 2 aromatic carbocycles. The fourth-order valence-electron chi connectivity index (χ4n) is 2.56. The van der Waals surface area contributed by atoms with E-state index in [0.29, 0.717) is 13.0 Å². The van der Waals surface area contributed by atoms with Gasteiger partial charge in [0.25, 0.3) is 0 Å². The molecular formula is C18H23FN2. The van der Waals surface area contributed by atoms with E-state index in [1.54, 1.807) is 12.1 Å². The van der Waals surface area contributed by atoms with E-state index in [0.717, 1.165) is 11.3 Å². The molecule has 0 saturated heterocycles. The van der Waals surface area contributed by atoms with E-state index < -0.39 is 0 Å². The highest BCUT2D eigenvalue weighted by molar-refractivity contribution is 5.50. The van der Waals surface area contributed by atoms with E-state index in [-0.39, 0.29) is 11.4 Å².